The Kier molecular flexibility index (Phi) is 4.97. The monoisotopic (exact) mass is 372 g/mol. The summed E-state index contributed by atoms with van der Waals surface area (Å²) in [6, 6.07) is 23.7. The summed E-state index contributed by atoms with van der Waals surface area (Å²) >= 11 is 0. The lowest BCUT2D eigenvalue weighted by Crippen LogP contribution is -2.12. The normalized spacial score (nSPS) is 10.3. The van der Waals surface area contributed by atoms with Crippen LogP contribution >= 0.6 is 0 Å². The number of para-hydroxylation sites is 1. The molecule has 0 unspecified atom stereocenters. The molecule has 0 saturated carbocycles. The summed E-state index contributed by atoms with van der Waals surface area (Å²) in [6.07, 6.45) is 1.43. The van der Waals surface area contributed by atoms with E-state index in [0.29, 0.717) is 11.6 Å². The first-order valence-corrected chi connectivity index (χ1v) is 8.55. The number of aromatic nitrogens is 2. The van der Waals surface area contributed by atoms with Crippen LogP contribution in [-0.2, 0) is 0 Å². The number of amides is 1. The Labute approximate surface area is 161 Å². The van der Waals surface area contributed by atoms with Gasteiger partial charge in [0.1, 0.15) is 11.5 Å². The number of carbonyl (C=O) groups is 1. The fourth-order valence-electron chi connectivity index (χ4n) is 2.43. The summed E-state index contributed by atoms with van der Waals surface area (Å²) in [5, 5.41) is 13.8. The number of hydrogen-bond acceptors (Lipinski definition) is 6. The summed E-state index contributed by atoms with van der Waals surface area (Å²) in [4.78, 5) is 11.9. The van der Waals surface area contributed by atoms with Crippen molar-refractivity contribution in [3.63, 3.8) is 0 Å². The van der Waals surface area contributed by atoms with Crippen LogP contribution in [0.1, 0.15) is 10.6 Å². The van der Waals surface area contributed by atoms with Gasteiger partial charge in [0.05, 0.1) is 6.26 Å². The zero-order valence-corrected chi connectivity index (χ0v) is 14.7. The van der Waals surface area contributed by atoms with Crippen LogP contribution in [0.3, 0.4) is 0 Å². The van der Waals surface area contributed by atoms with E-state index >= 15 is 0 Å². The van der Waals surface area contributed by atoms with Crippen LogP contribution in [0.2, 0.25) is 0 Å². The van der Waals surface area contributed by atoms with Crippen molar-refractivity contribution in [3.05, 3.63) is 90.9 Å². The van der Waals surface area contributed by atoms with Gasteiger partial charge in [-0.05, 0) is 60.7 Å². The van der Waals surface area contributed by atoms with Gasteiger partial charge in [0.2, 0.25) is 0 Å². The van der Waals surface area contributed by atoms with E-state index < -0.39 is 0 Å². The molecule has 0 aliphatic carbocycles. The number of furan rings is 1. The topological polar surface area (TPSA) is 89.3 Å². The number of carbonyl (C=O) groups excluding carboxylic acids is 1. The first-order chi connectivity index (χ1) is 13.8. The largest absolute Gasteiger partial charge is 0.459 e. The van der Waals surface area contributed by atoms with Gasteiger partial charge in [-0.25, -0.2) is 0 Å². The van der Waals surface area contributed by atoms with Crippen LogP contribution in [0.25, 0.3) is 0 Å². The molecule has 2 aromatic carbocycles. The van der Waals surface area contributed by atoms with Gasteiger partial charge in [0.25, 0.3) is 5.91 Å². The molecule has 2 aromatic heterocycles. The number of rotatable bonds is 6. The number of nitrogens with one attached hydrogen (secondary N) is 2. The SMILES string of the molecule is O=C(Nc1ccc(Nc2ccc(Oc3ccccc3)cc2)nn1)c1ccco1. The number of hydrogen-bond donors (Lipinski definition) is 2. The second kappa shape index (κ2) is 8.05. The zero-order chi connectivity index (χ0) is 19.2. The van der Waals surface area contributed by atoms with Crippen molar-refractivity contribution in [3.8, 4) is 11.5 Å². The van der Waals surface area contributed by atoms with E-state index in [1.165, 1.54) is 6.26 Å². The van der Waals surface area contributed by atoms with Crippen molar-refractivity contribution in [2.45, 2.75) is 0 Å². The molecule has 0 aliphatic rings. The Balaban J connectivity index is 1.35. The summed E-state index contributed by atoms with van der Waals surface area (Å²) in [6.45, 7) is 0. The van der Waals surface area contributed by atoms with Gasteiger partial charge in [0, 0.05) is 5.69 Å². The van der Waals surface area contributed by atoms with Crippen LogP contribution in [-0.4, -0.2) is 16.1 Å². The summed E-state index contributed by atoms with van der Waals surface area (Å²) < 4.78 is 10.8. The molecule has 0 spiro atoms. The van der Waals surface area contributed by atoms with Crippen molar-refractivity contribution in [2.75, 3.05) is 10.6 Å². The van der Waals surface area contributed by atoms with Gasteiger partial charge in [-0.15, -0.1) is 10.2 Å². The fourth-order valence-corrected chi connectivity index (χ4v) is 2.43. The third-order valence-electron chi connectivity index (χ3n) is 3.76. The maximum Gasteiger partial charge on any atom is 0.292 e. The summed E-state index contributed by atoms with van der Waals surface area (Å²) in [7, 11) is 0. The van der Waals surface area contributed by atoms with Crippen LogP contribution in [0, 0.1) is 0 Å². The van der Waals surface area contributed by atoms with Crippen molar-refractivity contribution in [2.24, 2.45) is 0 Å². The predicted molar refractivity (Wildman–Crippen MR) is 105 cm³/mol. The number of ether oxygens (including phenoxy) is 1. The summed E-state index contributed by atoms with van der Waals surface area (Å²) in [5.74, 6) is 2.22. The van der Waals surface area contributed by atoms with Gasteiger partial charge >= 0.3 is 0 Å². The molecule has 2 N–H and O–H groups in total. The van der Waals surface area contributed by atoms with Gasteiger partial charge in [-0.2, -0.15) is 0 Å². The Bertz CT molecular complexity index is 1030. The lowest BCUT2D eigenvalue weighted by atomic mass is 10.3. The van der Waals surface area contributed by atoms with E-state index in [4.69, 9.17) is 9.15 Å². The quantitative estimate of drug-likeness (QED) is 0.502. The van der Waals surface area contributed by atoms with E-state index in [1.807, 2.05) is 54.6 Å². The third-order valence-corrected chi connectivity index (χ3v) is 3.76. The molecule has 0 bridgehead atoms. The third kappa shape index (κ3) is 4.34. The molecule has 4 aromatic rings. The van der Waals surface area contributed by atoms with E-state index in [2.05, 4.69) is 20.8 Å². The molecule has 0 atom stereocenters. The minimum Gasteiger partial charge on any atom is -0.459 e. The maximum absolute atomic E-state index is 11.9. The van der Waals surface area contributed by atoms with Gasteiger partial charge in [-0.1, -0.05) is 18.2 Å². The van der Waals surface area contributed by atoms with Crippen molar-refractivity contribution in [1.29, 1.82) is 0 Å². The average Bonchev–Trinajstić information content (AvgIpc) is 3.27. The van der Waals surface area contributed by atoms with E-state index in [-0.39, 0.29) is 11.7 Å². The molecular weight excluding hydrogens is 356 g/mol. The molecule has 0 fully saturated rings. The van der Waals surface area contributed by atoms with Gasteiger partial charge in [0.15, 0.2) is 17.4 Å². The van der Waals surface area contributed by atoms with Crippen molar-refractivity contribution in [1.82, 2.24) is 10.2 Å². The Hall–Kier alpha value is -4.13. The molecule has 1 amide bonds. The molecule has 138 valence electrons. The van der Waals surface area contributed by atoms with Crippen LogP contribution in [0.5, 0.6) is 11.5 Å². The minimum absolute atomic E-state index is 0.210. The van der Waals surface area contributed by atoms with Gasteiger partial charge in [-0.3, -0.25) is 4.79 Å². The first-order valence-electron chi connectivity index (χ1n) is 8.55. The van der Waals surface area contributed by atoms with Crippen LogP contribution < -0.4 is 15.4 Å². The smallest absolute Gasteiger partial charge is 0.292 e. The minimum atomic E-state index is -0.381. The second-order valence-electron chi connectivity index (χ2n) is 5.80. The van der Waals surface area contributed by atoms with Crippen molar-refractivity contribution >= 4 is 23.2 Å². The second-order valence-corrected chi connectivity index (χ2v) is 5.80. The molecule has 7 nitrogen and oxygen atoms in total. The van der Waals surface area contributed by atoms with E-state index in [1.54, 1.807) is 24.3 Å². The fraction of sp³-hybridized carbons (Fsp3) is 0. The van der Waals surface area contributed by atoms with E-state index in [9.17, 15) is 4.79 Å². The maximum atomic E-state index is 11.9. The van der Waals surface area contributed by atoms with Crippen LogP contribution in [0.15, 0.2) is 89.5 Å². The lowest BCUT2D eigenvalue weighted by Gasteiger charge is -2.08. The van der Waals surface area contributed by atoms with Gasteiger partial charge < -0.3 is 19.8 Å². The predicted octanol–water partition coefficient (Wildman–Crippen LogP) is 4.86. The average molecular weight is 372 g/mol. The van der Waals surface area contributed by atoms with Crippen molar-refractivity contribution < 1.29 is 13.9 Å². The van der Waals surface area contributed by atoms with Crippen LogP contribution in [0.4, 0.5) is 17.3 Å². The zero-order valence-electron chi connectivity index (χ0n) is 14.7. The molecule has 0 aliphatic heterocycles. The molecular formula is C21H16N4O3. The Morgan fingerprint density at radius 2 is 1.50 bits per heavy atom. The lowest BCUT2D eigenvalue weighted by molar-refractivity contribution is 0.0996. The highest BCUT2D eigenvalue weighted by molar-refractivity contribution is 6.01. The molecule has 7 heteroatoms. The number of nitrogens with zero attached hydrogens (tertiary/aromatic N) is 2. The highest BCUT2D eigenvalue weighted by atomic mass is 16.5. The molecule has 28 heavy (non-hydrogen) atoms. The molecule has 4 rings (SSSR count). The molecule has 0 saturated heterocycles. The molecule has 0 radical (unpaired) electrons. The number of anilines is 3. The molecule has 2 heterocycles. The Morgan fingerprint density at radius 3 is 2.18 bits per heavy atom. The highest BCUT2D eigenvalue weighted by Crippen LogP contribution is 2.24. The highest BCUT2D eigenvalue weighted by Gasteiger charge is 2.09. The standard InChI is InChI=1S/C21H16N4O3/c26-21(18-7-4-14-27-18)23-20-13-12-19(24-25-20)22-15-8-10-17(11-9-15)28-16-5-2-1-3-6-16/h1-14H,(H,22,24)(H,23,25,26). The Morgan fingerprint density at radius 1 is 0.786 bits per heavy atom. The summed E-state index contributed by atoms with van der Waals surface area (Å²) in [5.41, 5.74) is 0.835. The van der Waals surface area contributed by atoms with E-state index in [0.717, 1.165) is 17.2 Å². The first kappa shape index (κ1) is 17.3. The number of benzene rings is 2.